The number of hydrogen-bond acceptors (Lipinski definition) is 3. The normalized spacial score (nSPS) is 23.4. The maximum Gasteiger partial charge on any atom is 0.250 e. The van der Waals surface area contributed by atoms with E-state index in [1.54, 1.807) is 12.1 Å². The lowest BCUT2D eigenvalue weighted by Crippen LogP contribution is -2.47. The van der Waals surface area contributed by atoms with Gasteiger partial charge in [-0.2, -0.15) is 0 Å². The van der Waals surface area contributed by atoms with Crippen LogP contribution in [0.3, 0.4) is 0 Å². The van der Waals surface area contributed by atoms with E-state index >= 15 is 0 Å². The SMILES string of the molecule is FC1(F)CCNC(CNc2ccc(Cl)cn2)C1. The summed E-state index contributed by atoms with van der Waals surface area (Å²) < 4.78 is 26.3. The van der Waals surface area contributed by atoms with E-state index in [-0.39, 0.29) is 18.9 Å². The first kappa shape index (κ1) is 12.5. The number of nitrogens with zero attached hydrogens (tertiary/aromatic N) is 1. The van der Waals surface area contributed by atoms with Crippen molar-refractivity contribution in [3.63, 3.8) is 0 Å². The highest BCUT2D eigenvalue weighted by molar-refractivity contribution is 6.30. The Morgan fingerprint density at radius 3 is 3.00 bits per heavy atom. The molecular formula is C11H14ClF2N3. The average molecular weight is 262 g/mol. The summed E-state index contributed by atoms with van der Waals surface area (Å²) in [5.74, 6) is -1.91. The molecule has 0 aromatic carbocycles. The van der Waals surface area contributed by atoms with Gasteiger partial charge in [0.05, 0.1) is 5.02 Å². The number of piperidine rings is 1. The Labute approximate surface area is 104 Å². The van der Waals surface area contributed by atoms with Gasteiger partial charge in [0.2, 0.25) is 0 Å². The van der Waals surface area contributed by atoms with E-state index in [9.17, 15) is 8.78 Å². The van der Waals surface area contributed by atoms with Crippen LogP contribution in [0.5, 0.6) is 0 Å². The Balaban J connectivity index is 1.84. The van der Waals surface area contributed by atoms with Crippen LogP contribution in [0.2, 0.25) is 5.02 Å². The third kappa shape index (κ3) is 3.78. The third-order valence-corrected chi connectivity index (χ3v) is 2.95. The molecule has 0 aliphatic carbocycles. The summed E-state index contributed by atoms with van der Waals surface area (Å²) in [6.45, 7) is 0.789. The van der Waals surface area contributed by atoms with Crippen molar-refractivity contribution in [3.8, 4) is 0 Å². The van der Waals surface area contributed by atoms with E-state index < -0.39 is 5.92 Å². The quantitative estimate of drug-likeness (QED) is 0.878. The van der Waals surface area contributed by atoms with Crippen LogP contribution in [0, 0.1) is 0 Å². The molecule has 94 valence electrons. The van der Waals surface area contributed by atoms with E-state index in [4.69, 9.17) is 11.6 Å². The van der Waals surface area contributed by atoms with Gasteiger partial charge in [0.1, 0.15) is 5.82 Å². The fraction of sp³-hybridized carbons (Fsp3) is 0.545. The number of pyridine rings is 1. The number of hydrogen-bond donors (Lipinski definition) is 2. The van der Waals surface area contributed by atoms with Crippen molar-refractivity contribution in [2.24, 2.45) is 0 Å². The van der Waals surface area contributed by atoms with Crippen LogP contribution in [0.1, 0.15) is 12.8 Å². The standard InChI is InChI=1S/C11H14ClF2N3/c12-8-1-2-10(16-6-8)17-7-9-5-11(13,14)3-4-15-9/h1-2,6,9,15H,3-5,7H2,(H,16,17). The molecule has 0 saturated carbocycles. The fourth-order valence-corrected chi connectivity index (χ4v) is 1.96. The van der Waals surface area contributed by atoms with Gasteiger partial charge in [-0.3, -0.25) is 0 Å². The molecule has 2 rings (SSSR count). The maximum absolute atomic E-state index is 13.1. The van der Waals surface area contributed by atoms with Crippen LogP contribution >= 0.6 is 11.6 Å². The molecule has 3 nitrogen and oxygen atoms in total. The molecule has 0 amide bonds. The Kier molecular flexibility index (Phi) is 3.79. The van der Waals surface area contributed by atoms with Crippen molar-refractivity contribution in [1.82, 2.24) is 10.3 Å². The first-order chi connectivity index (χ1) is 8.05. The summed E-state index contributed by atoms with van der Waals surface area (Å²) in [5.41, 5.74) is 0. The van der Waals surface area contributed by atoms with Gasteiger partial charge in [0.15, 0.2) is 0 Å². The summed E-state index contributed by atoms with van der Waals surface area (Å²) in [6.07, 6.45) is 1.31. The molecular weight excluding hydrogens is 248 g/mol. The topological polar surface area (TPSA) is 37.0 Å². The molecule has 1 saturated heterocycles. The van der Waals surface area contributed by atoms with Crippen molar-refractivity contribution in [1.29, 1.82) is 0 Å². The molecule has 1 aromatic rings. The van der Waals surface area contributed by atoms with Gasteiger partial charge in [-0.05, 0) is 12.1 Å². The van der Waals surface area contributed by atoms with Gasteiger partial charge >= 0.3 is 0 Å². The first-order valence-corrected chi connectivity index (χ1v) is 5.90. The van der Waals surface area contributed by atoms with Crippen molar-refractivity contribution in [2.75, 3.05) is 18.4 Å². The van der Waals surface area contributed by atoms with Crippen LogP contribution in [0.25, 0.3) is 0 Å². The molecule has 0 radical (unpaired) electrons. The number of alkyl halides is 2. The Morgan fingerprint density at radius 1 is 1.53 bits per heavy atom. The summed E-state index contributed by atoms with van der Waals surface area (Å²) in [7, 11) is 0. The van der Waals surface area contributed by atoms with Crippen LogP contribution < -0.4 is 10.6 Å². The molecule has 6 heteroatoms. The molecule has 0 spiro atoms. The maximum atomic E-state index is 13.1. The van der Waals surface area contributed by atoms with E-state index in [2.05, 4.69) is 15.6 Å². The van der Waals surface area contributed by atoms with Gasteiger partial charge in [0.25, 0.3) is 5.92 Å². The monoisotopic (exact) mass is 261 g/mol. The third-order valence-electron chi connectivity index (χ3n) is 2.73. The minimum atomic E-state index is -2.55. The minimum absolute atomic E-state index is 0.0807. The lowest BCUT2D eigenvalue weighted by atomic mass is 10.0. The van der Waals surface area contributed by atoms with Gasteiger partial charge in [-0.25, -0.2) is 13.8 Å². The number of halogens is 3. The predicted molar refractivity (Wildman–Crippen MR) is 63.7 cm³/mol. The van der Waals surface area contributed by atoms with Gasteiger partial charge in [-0.1, -0.05) is 11.6 Å². The van der Waals surface area contributed by atoms with Crippen molar-refractivity contribution in [2.45, 2.75) is 24.8 Å². The first-order valence-electron chi connectivity index (χ1n) is 5.52. The highest BCUT2D eigenvalue weighted by Gasteiger charge is 2.35. The zero-order valence-corrected chi connectivity index (χ0v) is 9.97. The zero-order chi connectivity index (χ0) is 12.3. The molecule has 2 N–H and O–H groups in total. The number of anilines is 1. The summed E-state index contributed by atoms with van der Waals surface area (Å²) in [6, 6.07) is 3.21. The van der Waals surface area contributed by atoms with E-state index in [1.165, 1.54) is 6.20 Å². The number of nitrogens with one attached hydrogen (secondary N) is 2. The Hall–Kier alpha value is -0.940. The molecule has 1 fully saturated rings. The van der Waals surface area contributed by atoms with Crippen LogP contribution in [0.15, 0.2) is 18.3 Å². The molecule has 1 unspecified atom stereocenters. The molecule has 17 heavy (non-hydrogen) atoms. The number of rotatable bonds is 3. The van der Waals surface area contributed by atoms with Gasteiger partial charge < -0.3 is 10.6 Å². The second-order valence-corrected chi connectivity index (χ2v) is 4.64. The highest BCUT2D eigenvalue weighted by Crippen LogP contribution is 2.27. The lowest BCUT2D eigenvalue weighted by Gasteiger charge is -2.30. The molecule has 1 aliphatic heterocycles. The molecule has 1 aromatic heterocycles. The second kappa shape index (κ2) is 5.14. The summed E-state index contributed by atoms with van der Waals surface area (Å²) in [5, 5.41) is 6.63. The molecule has 0 bridgehead atoms. The average Bonchev–Trinajstić information content (AvgIpc) is 2.27. The van der Waals surface area contributed by atoms with Crippen molar-refractivity contribution >= 4 is 17.4 Å². The highest BCUT2D eigenvalue weighted by atomic mass is 35.5. The van der Waals surface area contributed by atoms with Crippen LogP contribution in [-0.2, 0) is 0 Å². The predicted octanol–water partition coefficient (Wildman–Crippen LogP) is 2.53. The van der Waals surface area contributed by atoms with Crippen LogP contribution in [0.4, 0.5) is 14.6 Å². The fourth-order valence-electron chi connectivity index (χ4n) is 1.85. The van der Waals surface area contributed by atoms with Gasteiger partial charge in [-0.15, -0.1) is 0 Å². The van der Waals surface area contributed by atoms with Crippen molar-refractivity contribution < 1.29 is 8.78 Å². The molecule has 1 aliphatic rings. The second-order valence-electron chi connectivity index (χ2n) is 4.20. The van der Waals surface area contributed by atoms with Crippen LogP contribution in [-0.4, -0.2) is 30.0 Å². The summed E-state index contributed by atoms with van der Waals surface area (Å²) in [4.78, 5) is 4.04. The number of aromatic nitrogens is 1. The largest absolute Gasteiger partial charge is 0.369 e. The van der Waals surface area contributed by atoms with E-state index in [0.29, 0.717) is 23.9 Å². The van der Waals surface area contributed by atoms with E-state index in [1.807, 2.05) is 0 Å². The van der Waals surface area contributed by atoms with E-state index in [0.717, 1.165) is 0 Å². The smallest absolute Gasteiger partial charge is 0.250 e. The Morgan fingerprint density at radius 2 is 2.35 bits per heavy atom. The summed E-state index contributed by atoms with van der Waals surface area (Å²) >= 11 is 5.70. The molecule has 1 atom stereocenters. The molecule has 2 heterocycles. The zero-order valence-electron chi connectivity index (χ0n) is 9.22. The minimum Gasteiger partial charge on any atom is -0.369 e. The Bertz CT molecular complexity index is 369. The lowest BCUT2D eigenvalue weighted by molar-refractivity contribution is -0.0394. The van der Waals surface area contributed by atoms with Crippen molar-refractivity contribution in [3.05, 3.63) is 23.4 Å². The van der Waals surface area contributed by atoms with Gasteiger partial charge in [0, 0.05) is 38.2 Å².